The van der Waals surface area contributed by atoms with Crippen LogP contribution in [0, 0.1) is 5.92 Å². The van der Waals surface area contributed by atoms with Crippen molar-refractivity contribution in [2.75, 3.05) is 46.1 Å². The van der Waals surface area contributed by atoms with Gasteiger partial charge in [0.1, 0.15) is 12.1 Å². The Balaban J connectivity index is 1.66. The predicted molar refractivity (Wildman–Crippen MR) is 158 cm³/mol. The molecule has 1 unspecified atom stereocenters. The van der Waals surface area contributed by atoms with Crippen LogP contribution in [0.15, 0.2) is 30.3 Å². The number of morpholine rings is 1. The number of rotatable bonds is 16. The van der Waals surface area contributed by atoms with Gasteiger partial charge in [-0.1, -0.05) is 62.4 Å². The molecule has 3 rings (SSSR count). The smallest absolute Gasteiger partial charge is 0.318 e. The normalized spacial score (nSPS) is 17.4. The van der Waals surface area contributed by atoms with Crippen LogP contribution in [0.5, 0.6) is 0 Å². The summed E-state index contributed by atoms with van der Waals surface area (Å²) in [5, 5.41) is 8.27. The molecule has 0 spiro atoms. The lowest BCUT2D eigenvalue weighted by atomic mass is 9.84. The van der Waals surface area contributed by atoms with Crippen LogP contribution >= 0.6 is 0 Å². The van der Waals surface area contributed by atoms with E-state index in [4.69, 9.17) is 14.2 Å². The second-order valence-corrected chi connectivity index (χ2v) is 11.3. The van der Waals surface area contributed by atoms with E-state index in [1.165, 1.54) is 6.42 Å². The molecule has 42 heavy (non-hydrogen) atoms. The third-order valence-corrected chi connectivity index (χ3v) is 7.52. The van der Waals surface area contributed by atoms with Crippen LogP contribution in [-0.4, -0.2) is 92.8 Å². The van der Waals surface area contributed by atoms with Gasteiger partial charge in [0.2, 0.25) is 11.7 Å². The molecule has 1 aromatic carbocycles. The summed E-state index contributed by atoms with van der Waals surface area (Å²) in [6, 6.07) is 7.06. The molecule has 2 fully saturated rings. The minimum Gasteiger partial charge on any atom is -0.379 e. The molecule has 1 aliphatic heterocycles. The van der Waals surface area contributed by atoms with Crippen LogP contribution in [0.25, 0.3) is 0 Å². The first-order valence-corrected chi connectivity index (χ1v) is 15.3. The molecule has 1 saturated heterocycles. The lowest BCUT2D eigenvalue weighted by Crippen LogP contribution is -2.58. The first-order chi connectivity index (χ1) is 20.3. The molecule has 3 N–H and O–H groups in total. The van der Waals surface area contributed by atoms with E-state index in [9.17, 15) is 19.2 Å². The standard InChI is InChI=1S/C31H48N4O7/c1-23(2)42-17-9-14-32-30(38)28(36)27(22-41-21-25-12-7-4-8-13-25)33-29(37)26(20-24-10-5-3-6-11-24)34-31(39)35-15-18-40-19-16-35/h4,7-8,12-13,23-24,26-27H,3,5-6,9-11,14-22H2,1-2H3,(H,32,38)(H,33,37)(H,34,39)/t26-,27?/m1/s1. The highest BCUT2D eigenvalue weighted by atomic mass is 16.5. The molecule has 0 aromatic heterocycles. The Bertz CT molecular complexity index is 979. The Morgan fingerprint density at radius 1 is 0.976 bits per heavy atom. The minimum absolute atomic E-state index is 0.0778. The summed E-state index contributed by atoms with van der Waals surface area (Å²) in [5.41, 5.74) is 0.901. The van der Waals surface area contributed by atoms with Gasteiger partial charge in [-0.15, -0.1) is 0 Å². The average Bonchev–Trinajstić information content (AvgIpc) is 3.00. The highest BCUT2D eigenvalue weighted by Crippen LogP contribution is 2.27. The maximum atomic E-state index is 13.6. The molecule has 11 heteroatoms. The molecule has 1 heterocycles. The lowest BCUT2D eigenvalue weighted by molar-refractivity contribution is -0.141. The Kier molecular flexibility index (Phi) is 14.8. The average molecular weight is 589 g/mol. The summed E-state index contributed by atoms with van der Waals surface area (Å²) in [6.07, 6.45) is 6.42. The van der Waals surface area contributed by atoms with E-state index < -0.39 is 29.7 Å². The maximum Gasteiger partial charge on any atom is 0.318 e. The van der Waals surface area contributed by atoms with Crippen molar-refractivity contribution in [3.05, 3.63) is 35.9 Å². The van der Waals surface area contributed by atoms with E-state index in [1.807, 2.05) is 44.2 Å². The first-order valence-electron chi connectivity index (χ1n) is 15.3. The third-order valence-electron chi connectivity index (χ3n) is 7.52. The monoisotopic (exact) mass is 588 g/mol. The molecule has 1 saturated carbocycles. The second kappa shape index (κ2) is 18.5. The van der Waals surface area contributed by atoms with E-state index in [1.54, 1.807) is 4.90 Å². The SMILES string of the molecule is CC(C)OCCCNC(=O)C(=O)C(COCc1ccccc1)NC(=O)[C@@H](CC1CCCCC1)NC(=O)N1CCOCC1. The van der Waals surface area contributed by atoms with E-state index in [0.29, 0.717) is 51.7 Å². The quantitative estimate of drug-likeness (QED) is 0.200. The number of nitrogens with zero attached hydrogens (tertiary/aromatic N) is 1. The van der Waals surface area contributed by atoms with Gasteiger partial charge in [0.15, 0.2) is 0 Å². The first kappa shape index (κ1) is 33.5. The van der Waals surface area contributed by atoms with Crippen molar-refractivity contribution < 1.29 is 33.4 Å². The molecule has 0 bridgehead atoms. The topological polar surface area (TPSA) is 135 Å². The molecule has 1 aromatic rings. The summed E-state index contributed by atoms with van der Waals surface area (Å²) >= 11 is 0. The minimum atomic E-state index is -1.21. The van der Waals surface area contributed by atoms with E-state index in [-0.39, 0.29) is 31.9 Å². The van der Waals surface area contributed by atoms with Crippen LogP contribution in [0.3, 0.4) is 0 Å². The van der Waals surface area contributed by atoms with Crippen LogP contribution in [-0.2, 0) is 35.2 Å². The third kappa shape index (κ3) is 12.1. The van der Waals surface area contributed by atoms with Crippen LogP contribution < -0.4 is 16.0 Å². The van der Waals surface area contributed by atoms with Crippen molar-refractivity contribution in [3.8, 4) is 0 Å². The zero-order chi connectivity index (χ0) is 30.2. The van der Waals surface area contributed by atoms with Gasteiger partial charge in [0.05, 0.1) is 32.5 Å². The number of ketones is 1. The van der Waals surface area contributed by atoms with Gasteiger partial charge >= 0.3 is 6.03 Å². The molecule has 4 amide bonds. The summed E-state index contributed by atoms with van der Waals surface area (Å²) in [6.45, 7) is 6.39. The Labute approximate surface area is 249 Å². The predicted octanol–water partition coefficient (Wildman–Crippen LogP) is 2.57. The molecule has 11 nitrogen and oxygen atoms in total. The number of Topliss-reactive ketones (excluding diaryl/α,β-unsaturated/α-hetero) is 1. The Morgan fingerprint density at radius 2 is 1.69 bits per heavy atom. The van der Waals surface area contributed by atoms with Gasteiger partial charge < -0.3 is 35.1 Å². The number of carbonyl (C=O) groups is 4. The molecular formula is C31H48N4O7. The molecular weight excluding hydrogens is 540 g/mol. The number of nitrogens with one attached hydrogen (secondary N) is 3. The van der Waals surface area contributed by atoms with Crippen molar-refractivity contribution in [1.82, 2.24) is 20.9 Å². The summed E-state index contributed by atoms with van der Waals surface area (Å²) in [5.74, 6) is -1.80. The van der Waals surface area contributed by atoms with Crippen molar-refractivity contribution >= 4 is 23.6 Å². The summed E-state index contributed by atoms with van der Waals surface area (Å²) in [7, 11) is 0. The highest BCUT2D eigenvalue weighted by molar-refractivity contribution is 6.38. The van der Waals surface area contributed by atoms with Gasteiger partial charge in [-0.05, 0) is 38.2 Å². The maximum absolute atomic E-state index is 13.6. The largest absolute Gasteiger partial charge is 0.379 e. The van der Waals surface area contributed by atoms with E-state index in [0.717, 1.165) is 31.2 Å². The lowest BCUT2D eigenvalue weighted by Gasteiger charge is -2.31. The van der Waals surface area contributed by atoms with Gasteiger partial charge in [-0.25, -0.2) is 4.79 Å². The fourth-order valence-electron chi connectivity index (χ4n) is 5.16. The van der Waals surface area contributed by atoms with Crippen LogP contribution in [0.1, 0.15) is 64.4 Å². The van der Waals surface area contributed by atoms with Crippen molar-refractivity contribution in [3.63, 3.8) is 0 Å². The number of urea groups is 1. The summed E-state index contributed by atoms with van der Waals surface area (Å²) < 4.78 is 16.6. The number of benzene rings is 1. The fourth-order valence-corrected chi connectivity index (χ4v) is 5.16. The molecule has 1 aliphatic carbocycles. The van der Waals surface area contributed by atoms with Crippen LogP contribution in [0.2, 0.25) is 0 Å². The van der Waals surface area contributed by atoms with Gasteiger partial charge in [-0.2, -0.15) is 0 Å². The van der Waals surface area contributed by atoms with Crippen molar-refractivity contribution in [2.45, 2.75) is 83.6 Å². The molecule has 2 aliphatic rings. The van der Waals surface area contributed by atoms with E-state index >= 15 is 0 Å². The summed E-state index contributed by atoms with van der Waals surface area (Å²) in [4.78, 5) is 54.3. The Morgan fingerprint density at radius 3 is 2.38 bits per heavy atom. The number of ether oxygens (including phenoxy) is 3. The number of amides is 4. The zero-order valence-corrected chi connectivity index (χ0v) is 25.1. The fraction of sp³-hybridized carbons (Fsp3) is 0.677. The molecule has 2 atom stereocenters. The van der Waals surface area contributed by atoms with Gasteiger partial charge in [0, 0.05) is 26.2 Å². The van der Waals surface area contributed by atoms with Crippen molar-refractivity contribution in [1.29, 1.82) is 0 Å². The Hall–Kier alpha value is -3.02. The van der Waals surface area contributed by atoms with E-state index in [2.05, 4.69) is 16.0 Å². The number of hydrogen-bond donors (Lipinski definition) is 3. The number of hydrogen-bond acceptors (Lipinski definition) is 7. The zero-order valence-electron chi connectivity index (χ0n) is 25.1. The van der Waals surface area contributed by atoms with Crippen LogP contribution in [0.4, 0.5) is 4.79 Å². The number of carbonyl (C=O) groups excluding carboxylic acids is 4. The molecule has 0 radical (unpaired) electrons. The second-order valence-electron chi connectivity index (χ2n) is 11.3. The van der Waals surface area contributed by atoms with Crippen molar-refractivity contribution in [2.24, 2.45) is 5.92 Å². The van der Waals surface area contributed by atoms with Gasteiger partial charge in [-0.3, -0.25) is 14.4 Å². The molecule has 234 valence electrons. The highest BCUT2D eigenvalue weighted by Gasteiger charge is 2.33. The van der Waals surface area contributed by atoms with Gasteiger partial charge in [0.25, 0.3) is 5.91 Å².